The summed E-state index contributed by atoms with van der Waals surface area (Å²) in [5.41, 5.74) is 7.13. The van der Waals surface area contributed by atoms with Gasteiger partial charge in [-0.05, 0) is 73.4 Å². The van der Waals surface area contributed by atoms with Gasteiger partial charge in [0.1, 0.15) is 11.5 Å². The largest absolute Gasteiger partial charge is 0.366 e. The lowest BCUT2D eigenvalue weighted by atomic mass is 9.80. The molecule has 0 radical (unpaired) electrons. The van der Waals surface area contributed by atoms with E-state index in [-0.39, 0.29) is 5.41 Å². The number of aryl methyl sites for hydroxylation is 1. The molecule has 1 saturated carbocycles. The van der Waals surface area contributed by atoms with E-state index in [0.717, 1.165) is 69.6 Å². The van der Waals surface area contributed by atoms with Crippen LogP contribution in [0.15, 0.2) is 49.2 Å². The van der Waals surface area contributed by atoms with Gasteiger partial charge < -0.3 is 15.6 Å². The van der Waals surface area contributed by atoms with E-state index >= 15 is 0 Å². The highest BCUT2D eigenvalue weighted by atomic mass is 15.1. The van der Waals surface area contributed by atoms with Crippen LogP contribution >= 0.6 is 0 Å². The molecule has 2 aliphatic rings. The fourth-order valence-electron chi connectivity index (χ4n) is 5.72. The zero-order valence-corrected chi connectivity index (χ0v) is 22.0. The maximum atomic E-state index is 5.22. The summed E-state index contributed by atoms with van der Waals surface area (Å²) in [5.74, 6) is 2.14. The van der Waals surface area contributed by atoms with Gasteiger partial charge in [0.25, 0.3) is 0 Å². The summed E-state index contributed by atoms with van der Waals surface area (Å²) in [6, 6.07) is 6.56. The number of hydrogen-bond acceptors (Lipinski definition) is 7. The van der Waals surface area contributed by atoms with Gasteiger partial charge in [-0.15, -0.1) is 0 Å². The van der Waals surface area contributed by atoms with Crippen LogP contribution in [0.3, 0.4) is 0 Å². The van der Waals surface area contributed by atoms with Gasteiger partial charge >= 0.3 is 0 Å². The topological polar surface area (TPSA) is 104 Å². The molecule has 1 saturated heterocycles. The number of anilines is 1. The van der Waals surface area contributed by atoms with Gasteiger partial charge in [0, 0.05) is 65.0 Å². The Morgan fingerprint density at radius 2 is 1.87 bits per heavy atom. The van der Waals surface area contributed by atoms with E-state index in [1.54, 1.807) is 0 Å². The van der Waals surface area contributed by atoms with E-state index in [1.165, 1.54) is 18.4 Å². The first kappa shape index (κ1) is 23.2. The number of piperidine rings is 1. The second kappa shape index (κ2) is 8.84. The van der Waals surface area contributed by atoms with Gasteiger partial charge in [-0.2, -0.15) is 0 Å². The average molecular weight is 505 g/mol. The molecule has 0 spiro atoms. The average Bonchev–Trinajstić information content (AvgIpc) is 3.66. The fraction of sp³-hybridized carbons (Fsp3) is 0.367. The maximum absolute atomic E-state index is 5.22. The van der Waals surface area contributed by atoms with E-state index in [1.807, 2.05) is 44.0 Å². The molecule has 6 heterocycles. The van der Waals surface area contributed by atoms with E-state index in [9.17, 15) is 0 Å². The minimum absolute atomic E-state index is 0.101. The van der Waals surface area contributed by atoms with Crippen molar-refractivity contribution < 1.29 is 0 Å². The number of H-pyrrole nitrogens is 1. The number of hydrogen-bond donors (Lipinski definition) is 3. The van der Waals surface area contributed by atoms with E-state index in [2.05, 4.69) is 56.5 Å². The molecule has 7 rings (SSSR count). The third kappa shape index (κ3) is 4.09. The second-order valence-corrected chi connectivity index (χ2v) is 11.5. The third-order valence-corrected chi connectivity index (χ3v) is 8.06. The molecule has 5 aromatic heterocycles. The molecular weight excluding hydrogens is 472 g/mol. The predicted octanol–water partition coefficient (Wildman–Crippen LogP) is 5.62. The molecule has 3 N–H and O–H groups in total. The lowest BCUT2D eigenvalue weighted by molar-refractivity contribution is 0.236. The van der Waals surface area contributed by atoms with E-state index in [4.69, 9.17) is 9.97 Å². The Morgan fingerprint density at radius 1 is 1.00 bits per heavy atom. The first-order valence-corrected chi connectivity index (χ1v) is 13.5. The first-order valence-electron chi connectivity index (χ1n) is 13.5. The number of nitrogens with zero attached hydrogens (tertiary/aromatic N) is 5. The fourth-order valence-corrected chi connectivity index (χ4v) is 5.72. The maximum Gasteiger partial charge on any atom is 0.163 e. The van der Waals surface area contributed by atoms with Crippen molar-refractivity contribution in [1.82, 2.24) is 35.2 Å². The van der Waals surface area contributed by atoms with Crippen molar-refractivity contribution in [3.05, 3.63) is 60.3 Å². The standard InChI is InChI=1S/C30H32N8/c1-17-10-19(13-32-12-17)23-11-21-20(6-9-34-27(21)35-23)28-36-24-15-33-14-22(18-4-5-18)26(24)29(38-28)37-25-7-8-31-16-30(25,2)3/h6,9-15,18,25,31H,4-5,7-8,16H2,1-3H3,(H,34,35)(H,36,37,38). The molecule has 0 amide bonds. The summed E-state index contributed by atoms with van der Waals surface area (Å²) < 4.78 is 0. The number of aromatic nitrogens is 6. The minimum atomic E-state index is 0.101. The van der Waals surface area contributed by atoms with Gasteiger partial charge in [-0.25, -0.2) is 15.0 Å². The predicted molar refractivity (Wildman–Crippen MR) is 151 cm³/mol. The molecular formula is C30H32N8. The molecule has 5 aromatic rings. The van der Waals surface area contributed by atoms with Crippen molar-refractivity contribution >= 4 is 27.8 Å². The second-order valence-electron chi connectivity index (χ2n) is 11.5. The number of pyridine rings is 3. The molecule has 0 bridgehead atoms. The molecule has 1 aliphatic heterocycles. The highest BCUT2D eigenvalue weighted by molar-refractivity contribution is 5.98. The van der Waals surface area contributed by atoms with Crippen molar-refractivity contribution in [2.45, 2.75) is 52.0 Å². The normalized spacial score (nSPS) is 19.2. The molecule has 192 valence electrons. The smallest absolute Gasteiger partial charge is 0.163 e. The molecule has 1 atom stereocenters. The van der Waals surface area contributed by atoms with Crippen molar-refractivity contribution in [2.24, 2.45) is 5.41 Å². The van der Waals surface area contributed by atoms with Crippen LogP contribution in [0.2, 0.25) is 0 Å². The van der Waals surface area contributed by atoms with Gasteiger partial charge in [0.15, 0.2) is 5.82 Å². The lowest BCUT2D eigenvalue weighted by Crippen LogP contribution is -2.49. The molecule has 1 unspecified atom stereocenters. The van der Waals surface area contributed by atoms with Gasteiger partial charge in [0.05, 0.1) is 11.7 Å². The highest BCUT2D eigenvalue weighted by Crippen LogP contribution is 2.45. The Morgan fingerprint density at radius 3 is 2.68 bits per heavy atom. The summed E-state index contributed by atoms with van der Waals surface area (Å²) in [6.07, 6.45) is 12.9. The van der Waals surface area contributed by atoms with Crippen LogP contribution in [0.5, 0.6) is 0 Å². The van der Waals surface area contributed by atoms with Gasteiger partial charge in [0.2, 0.25) is 0 Å². The van der Waals surface area contributed by atoms with Crippen LogP contribution in [-0.2, 0) is 0 Å². The number of fused-ring (bicyclic) bond motifs is 2. The Kier molecular flexibility index (Phi) is 5.40. The Balaban J connectivity index is 1.39. The Labute approximate surface area is 221 Å². The van der Waals surface area contributed by atoms with Crippen LogP contribution in [0.1, 0.15) is 50.2 Å². The summed E-state index contributed by atoms with van der Waals surface area (Å²) >= 11 is 0. The van der Waals surface area contributed by atoms with Crippen molar-refractivity contribution in [2.75, 3.05) is 18.4 Å². The highest BCUT2D eigenvalue weighted by Gasteiger charge is 2.34. The molecule has 1 aliphatic carbocycles. The van der Waals surface area contributed by atoms with Crippen LogP contribution in [0.4, 0.5) is 5.82 Å². The molecule has 38 heavy (non-hydrogen) atoms. The quantitative estimate of drug-likeness (QED) is 0.285. The van der Waals surface area contributed by atoms with Crippen LogP contribution in [0.25, 0.3) is 44.6 Å². The van der Waals surface area contributed by atoms with Crippen LogP contribution < -0.4 is 10.6 Å². The van der Waals surface area contributed by atoms with Crippen LogP contribution in [-0.4, -0.2) is 49.0 Å². The summed E-state index contributed by atoms with van der Waals surface area (Å²) in [5, 5.41) is 9.53. The zero-order valence-electron chi connectivity index (χ0n) is 22.0. The first-order chi connectivity index (χ1) is 18.5. The Hall–Kier alpha value is -3.91. The Bertz CT molecular complexity index is 1670. The lowest BCUT2D eigenvalue weighted by Gasteiger charge is -2.40. The third-order valence-electron chi connectivity index (χ3n) is 8.06. The summed E-state index contributed by atoms with van der Waals surface area (Å²) in [6.45, 7) is 8.66. The molecule has 2 fully saturated rings. The monoisotopic (exact) mass is 504 g/mol. The molecule has 8 nitrogen and oxygen atoms in total. The van der Waals surface area contributed by atoms with Crippen LogP contribution in [0, 0.1) is 12.3 Å². The molecule has 8 heteroatoms. The molecule has 0 aromatic carbocycles. The van der Waals surface area contributed by atoms with Crippen molar-refractivity contribution in [1.29, 1.82) is 0 Å². The minimum Gasteiger partial charge on any atom is -0.366 e. The van der Waals surface area contributed by atoms with Gasteiger partial charge in [-0.3, -0.25) is 9.97 Å². The van der Waals surface area contributed by atoms with Gasteiger partial charge in [-0.1, -0.05) is 13.8 Å². The van der Waals surface area contributed by atoms with Crippen molar-refractivity contribution in [3.63, 3.8) is 0 Å². The summed E-state index contributed by atoms with van der Waals surface area (Å²) in [7, 11) is 0. The SMILES string of the molecule is Cc1cncc(-c2cc3c(-c4nc(NC5CCNCC5(C)C)c5c(C6CC6)cncc5n4)ccnc3[nH]2)c1. The van der Waals surface area contributed by atoms with E-state index < -0.39 is 0 Å². The number of nitrogens with one attached hydrogen (secondary N) is 3. The van der Waals surface area contributed by atoms with Crippen molar-refractivity contribution in [3.8, 4) is 22.6 Å². The number of aromatic amines is 1. The van der Waals surface area contributed by atoms with E-state index in [0.29, 0.717) is 17.8 Å². The zero-order chi connectivity index (χ0) is 25.9. The summed E-state index contributed by atoms with van der Waals surface area (Å²) in [4.78, 5) is 27.3. The number of rotatable bonds is 5.